The number of hydrogen-bond donors (Lipinski definition) is 2. The highest BCUT2D eigenvalue weighted by atomic mass is 32.2. The van der Waals surface area contributed by atoms with Crippen LogP contribution in [0.25, 0.3) is 0 Å². The number of hydrogen-bond acceptors (Lipinski definition) is 6. The van der Waals surface area contributed by atoms with Crippen molar-refractivity contribution in [3.05, 3.63) is 78.1 Å². The number of amides is 3. The average molecular weight is 535 g/mol. The van der Waals surface area contributed by atoms with Gasteiger partial charge in [0.2, 0.25) is 0 Å². The van der Waals surface area contributed by atoms with E-state index < -0.39 is 33.5 Å². The van der Waals surface area contributed by atoms with Crippen LogP contribution in [0.3, 0.4) is 0 Å². The van der Waals surface area contributed by atoms with E-state index >= 15 is 0 Å². The largest absolute Gasteiger partial charge is 0.457 e. The van der Waals surface area contributed by atoms with E-state index in [0.717, 1.165) is 6.07 Å². The van der Waals surface area contributed by atoms with Gasteiger partial charge in [0.05, 0.1) is 17.1 Å². The number of carbonyl (C=O) groups is 2. The predicted molar refractivity (Wildman–Crippen MR) is 129 cm³/mol. The van der Waals surface area contributed by atoms with Gasteiger partial charge in [-0.25, -0.2) is 13.2 Å². The fraction of sp³-hybridized carbons (Fsp3) is 0.208. The topological polar surface area (TPSA) is 118 Å². The molecule has 1 aliphatic heterocycles. The number of carbonyl (C=O) groups excluding carboxylic acids is 2. The number of benzene rings is 2. The number of pyridine rings is 1. The Morgan fingerprint density at radius 2 is 1.46 bits per heavy atom. The third-order valence-electron chi connectivity index (χ3n) is 5.39. The molecule has 13 heteroatoms. The second kappa shape index (κ2) is 10.5. The Labute approximate surface area is 210 Å². The number of alkyl halides is 3. The van der Waals surface area contributed by atoms with Gasteiger partial charge in [-0.15, -0.1) is 0 Å². The second-order valence-corrected chi connectivity index (χ2v) is 10.4. The number of aromatic nitrogens is 1. The molecule has 194 valence electrons. The zero-order chi connectivity index (χ0) is 26.6. The number of urea groups is 1. The molecule has 2 heterocycles. The Balaban J connectivity index is 1.46. The Morgan fingerprint density at radius 1 is 0.865 bits per heavy atom. The van der Waals surface area contributed by atoms with Crippen molar-refractivity contribution >= 4 is 33.2 Å². The number of nitrogens with zero attached hydrogens (tertiary/aromatic N) is 2. The standard InChI is InChI=1S/C24H21F3N4O5S/c25-24(26,27)17-13-16(22(32)31-9-11-37(34,35)12-10-31)14-19(15-17)30-23(33)29-18-1-3-20(4-2-18)36-21-5-7-28-8-6-21/h1-8,13-15H,9-12H2,(H2,29,30,33). The first-order valence-electron chi connectivity index (χ1n) is 11.0. The number of sulfone groups is 1. The molecule has 0 bridgehead atoms. The zero-order valence-electron chi connectivity index (χ0n) is 19.2. The summed E-state index contributed by atoms with van der Waals surface area (Å²) in [5.74, 6) is -0.234. The van der Waals surface area contributed by atoms with Crippen LogP contribution in [0.2, 0.25) is 0 Å². The van der Waals surface area contributed by atoms with Crippen molar-refractivity contribution in [3.8, 4) is 11.5 Å². The van der Waals surface area contributed by atoms with Gasteiger partial charge in [0.25, 0.3) is 5.91 Å². The van der Waals surface area contributed by atoms with Crippen LogP contribution in [0.4, 0.5) is 29.3 Å². The number of ether oxygens (including phenoxy) is 1. The summed E-state index contributed by atoms with van der Waals surface area (Å²) in [6.45, 7) is -0.247. The van der Waals surface area contributed by atoms with Gasteiger partial charge in [0.15, 0.2) is 9.84 Å². The van der Waals surface area contributed by atoms with E-state index in [1.807, 2.05) is 0 Å². The van der Waals surface area contributed by atoms with Gasteiger partial charge < -0.3 is 20.3 Å². The van der Waals surface area contributed by atoms with Crippen molar-refractivity contribution in [2.75, 3.05) is 35.2 Å². The van der Waals surface area contributed by atoms with Gasteiger partial charge in [0, 0.05) is 42.4 Å². The Kier molecular flexibility index (Phi) is 7.34. The molecule has 2 N–H and O–H groups in total. The molecule has 9 nitrogen and oxygen atoms in total. The van der Waals surface area contributed by atoms with E-state index in [1.165, 1.54) is 4.90 Å². The van der Waals surface area contributed by atoms with Crippen molar-refractivity contribution in [2.24, 2.45) is 0 Å². The molecule has 2 aromatic carbocycles. The van der Waals surface area contributed by atoms with Crippen LogP contribution in [0, 0.1) is 0 Å². The minimum Gasteiger partial charge on any atom is -0.457 e. The lowest BCUT2D eigenvalue weighted by Crippen LogP contribution is -2.43. The van der Waals surface area contributed by atoms with Gasteiger partial charge in [-0.05, 0) is 54.6 Å². The van der Waals surface area contributed by atoms with E-state index in [4.69, 9.17) is 4.74 Å². The minimum atomic E-state index is -4.78. The predicted octanol–water partition coefficient (Wildman–Crippen LogP) is 4.41. The third kappa shape index (κ3) is 6.97. The fourth-order valence-electron chi connectivity index (χ4n) is 3.53. The maximum Gasteiger partial charge on any atom is 0.416 e. The summed E-state index contributed by atoms with van der Waals surface area (Å²) in [5, 5.41) is 4.82. The van der Waals surface area contributed by atoms with Crippen LogP contribution in [0.5, 0.6) is 11.5 Å². The fourth-order valence-corrected chi connectivity index (χ4v) is 4.73. The lowest BCUT2D eigenvalue weighted by Gasteiger charge is -2.27. The molecule has 1 aromatic heterocycles. The molecule has 37 heavy (non-hydrogen) atoms. The first kappa shape index (κ1) is 25.9. The molecular weight excluding hydrogens is 513 g/mol. The normalized spacial score (nSPS) is 15.1. The number of nitrogens with one attached hydrogen (secondary N) is 2. The maximum atomic E-state index is 13.5. The Hall–Kier alpha value is -4.13. The summed E-state index contributed by atoms with van der Waals surface area (Å²) in [6.07, 6.45) is -1.64. The van der Waals surface area contributed by atoms with E-state index in [0.29, 0.717) is 29.3 Å². The molecule has 4 rings (SSSR count). The Morgan fingerprint density at radius 3 is 2.08 bits per heavy atom. The maximum absolute atomic E-state index is 13.5. The molecular formula is C24H21F3N4O5S. The molecule has 0 aliphatic carbocycles. The van der Waals surface area contributed by atoms with E-state index in [-0.39, 0.29) is 35.8 Å². The number of rotatable bonds is 5. The summed E-state index contributed by atoms with van der Waals surface area (Å²) in [5.41, 5.74) is -1.35. The van der Waals surface area contributed by atoms with Crippen molar-refractivity contribution in [1.29, 1.82) is 0 Å². The molecule has 3 aromatic rings. The summed E-state index contributed by atoms with van der Waals surface area (Å²) in [4.78, 5) is 30.3. The van der Waals surface area contributed by atoms with Crippen LogP contribution >= 0.6 is 0 Å². The number of halogens is 3. The van der Waals surface area contributed by atoms with Crippen LogP contribution in [0.1, 0.15) is 15.9 Å². The lowest BCUT2D eigenvalue weighted by molar-refractivity contribution is -0.137. The Bertz CT molecular complexity index is 1380. The van der Waals surface area contributed by atoms with E-state index in [1.54, 1.807) is 48.8 Å². The van der Waals surface area contributed by atoms with Crippen LogP contribution in [-0.4, -0.2) is 54.8 Å². The SMILES string of the molecule is O=C(Nc1ccc(Oc2ccncc2)cc1)Nc1cc(C(=O)N2CCS(=O)(=O)CC2)cc(C(F)(F)F)c1. The highest BCUT2D eigenvalue weighted by Crippen LogP contribution is 2.32. The van der Waals surface area contributed by atoms with Crippen molar-refractivity contribution < 1.29 is 35.9 Å². The van der Waals surface area contributed by atoms with Crippen molar-refractivity contribution in [2.45, 2.75) is 6.18 Å². The van der Waals surface area contributed by atoms with Crippen LogP contribution < -0.4 is 15.4 Å². The van der Waals surface area contributed by atoms with E-state index in [9.17, 15) is 31.2 Å². The van der Waals surface area contributed by atoms with Crippen LogP contribution in [0.15, 0.2) is 67.0 Å². The molecule has 1 fully saturated rings. The van der Waals surface area contributed by atoms with Crippen molar-refractivity contribution in [3.63, 3.8) is 0 Å². The minimum absolute atomic E-state index is 0.123. The number of anilines is 2. The molecule has 0 unspecified atom stereocenters. The van der Waals surface area contributed by atoms with Crippen molar-refractivity contribution in [1.82, 2.24) is 9.88 Å². The summed E-state index contributed by atoms with van der Waals surface area (Å²) >= 11 is 0. The summed E-state index contributed by atoms with van der Waals surface area (Å²) in [6, 6.07) is 11.3. The van der Waals surface area contributed by atoms with Gasteiger partial charge in [0.1, 0.15) is 11.5 Å². The van der Waals surface area contributed by atoms with Gasteiger partial charge in [-0.3, -0.25) is 9.78 Å². The molecule has 0 atom stereocenters. The average Bonchev–Trinajstić information content (AvgIpc) is 2.85. The molecule has 3 amide bonds. The summed E-state index contributed by atoms with van der Waals surface area (Å²) in [7, 11) is -3.28. The molecule has 1 aliphatic rings. The van der Waals surface area contributed by atoms with E-state index in [2.05, 4.69) is 15.6 Å². The first-order valence-corrected chi connectivity index (χ1v) is 12.8. The first-order chi connectivity index (χ1) is 17.5. The van der Waals surface area contributed by atoms with Gasteiger partial charge in [-0.2, -0.15) is 13.2 Å². The van der Waals surface area contributed by atoms with Gasteiger partial charge >= 0.3 is 12.2 Å². The summed E-state index contributed by atoms with van der Waals surface area (Å²) < 4.78 is 69.3. The lowest BCUT2D eigenvalue weighted by atomic mass is 10.1. The third-order valence-corrected chi connectivity index (χ3v) is 7.00. The monoisotopic (exact) mass is 534 g/mol. The molecule has 0 radical (unpaired) electrons. The molecule has 1 saturated heterocycles. The highest BCUT2D eigenvalue weighted by Gasteiger charge is 2.33. The highest BCUT2D eigenvalue weighted by molar-refractivity contribution is 7.91. The van der Waals surface area contributed by atoms with Gasteiger partial charge in [-0.1, -0.05) is 0 Å². The second-order valence-electron chi connectivity index (χ2n) is 8.13. The zero-order valence-corrected chi connectivity index (χ0v) is 20.0. The van der Waals surface area contributed by atoms with Crippen LogP contribution in [-0.2, 0) is 16.0 Å². The molecule has 0 saturated carbocycles. The smallest absolute Gasteiger partial charge is 0.416 e. The molecule has 0 spiro atoms. The quantitative estimate of drug-likeness (QED) is 0.501.